The summed E-state index contributed by atoms with van der Waals surface area (Å²) in [5.41, 5.74) is 0. The average Bonchev–Trinajstić information content (AvgIpc) is 2.79. The Hall–Kier alpha value is -1.10. The highest BCUT2D eigenvalue weighted by Crippen LogP contribution is 2.15. The van der Waals surface area contributed by atoms with Gasteiger partial charge in [0.1, 0.15) is 0 Å². The van der Waals surface area contributed by atoms with E-state index in [1.165, 1.54) is 0 Å². The smallest absolute Gasteiger partial charge is 0.305 e. The van der Waals surface area contributed by atoms with Crippen LogP contribution in [0, 0.1) is 5.92 Å². The summed E-state index contributed by atoms with van der Waals surface area (Å²) < 4.78 is 0. The number of hydrogen-bond donors (Lipinski definition) is 2. The molecule has 17 heavy (non-hydrogen) atoms. The molecule has 0 bridgehead atoms. The fraction of sp³-hybridized carbons (Fsp3) is 0.833. The van der Waals surface area contributed by atoms with Crippen LogP contribution in [0.4, 0.5) is 0 Å². The zero-order valence-electron chi connectivity index (χ0n) is 10.4. The van der Waals surface area contributed by atoms with Gasteiger partial charge in [0.15, 0.2) is 0 Å². The maximum atomic E-state index is 11.9. The van der Waals surface area contributed by atoms with Crippen LogP contribution in [0.2, 0.25) is 0 Å². The second kappa shape index (κ2) is 7.27. The van der Waals surface area contributed by atoms with E-state index in [0.717, 1.165) is 25.9 Å². The molecule has 0 radical (unpaired) electrons. The van der Waals surface area contributed by atoms with Gasteiger partial charge in [-0.05, 0) is 38.8 Å². The first kappa shape index (κ1) is 14.0. The normalized spacial score (nSPS) is 19.2. The molecule has 5 heteroatoms. The Morgan fingerprint density at radius 2 is 2.18 bits per heavy atom. The standard InChI is InChI=1S/C12H22N2O3/c1-2-14(8-6-12(16)17)11(15)4-3-10-5-7-13-9-10/h10,13H,2-9H2,1H3,(H,16,17). The highest BCUT2D eigenvalue weighted by Gasteiger charge is 2.18. The zero-order chi connectivity index (χ0) is 12.7. The average molecular weight is 242 g/mol. The van der Waals surface area contributed by atoms with E-state index in [9.17, 15) is 9.59 Å². The van der Waals surface area contributed by atoms with Gasteiger partial charge in [0.2, 0.25) is 5.91 Å². The fourth-order valence-electron chi connectivity index (χ4n) is 2.14. The second-order valence-electron chi connectivity index (χ2n) is 4.51. The van der Waals surface area contributed by atoms with Crippen molar-refractivity contribution in [1.29, 1.82) is 0 Å². The summed E-state index contributed by atoms with van der Waals surface area (Å²) in [6, 6.07) is 0. The maximum absolute atomic E-state index is 11.9. The van der Waals surface area contributed by atoms with Crippen LogP contribution in [-0.4, -0.2) is 48.1 Å². The van der Waals surface area contributed by atoms with Gasteiger partial charge in [-0.2, -0.15) is 0 Å². The lowest BCUT2D eigenvalue weighted by atomic mass is 10.0. The Balaban J connectivity index is 2.24. The fourth-order valence-corrected chi connectivity index (χ4v) is 2.14. The summed E-state index contributed by atoms with van der Waals surface area (Å²) >= 11 is 0. The molecule has 0 aromatic heterocycles. The quantitative estimate of drug-likeness (QED) is 0.689. The summed E-state index contributed by atoms with van der Waals surface area (Å²) in [6.45, 7) is 4.86. The van der Waals surface area contributed by atoms with Crippen molar-refractivity contribution in [1.82, 2.24) is 10.2 Å². The van der Waals surface area contributed by atoms with Crippen molar-refractivity contribution in [2.75, 3.05) is 26.2 Å². The molecule has 0 aliphatic carbocycles. The first-order valence-corrected chi connectivity index (χ1v) is 6.33. The molecule has 1 aliphatic heterocycles. The van der Waals surface area contributed by atoms with Crippen LogP contribution in [-0.2, 0) is 9.59 Å². The number of amides is 1. The highest BCUT2D eigenvalue weighted by molar-refractivity contribution is 5.77. The Kier molecular flexibility index (Phi) is 5.97. The molecule has 0 aromatic rings. The zero-order valence-corrected chi connectivity index (χ0v) is 10.4. The van der Waals surface area contributed by atoms with Crippen molar-refractivity contribution in [2.45, 2.75) is 32.6 Å². The Bertz CT molecular complexity index is 262. The predicted octanol–water partition coefficient (Wildman–Crippen LogP) is 0.699. The third kappa shape index (κ3) is 5.17. The molecular formula is C12H22N2O3. The molecule has 5 nitrogen and oxygen atoms in total. The predicted molar refractivity (Wildman–Crippen MR) is 64.7 cm³/mol. The van der Waals surface area contributed by atoms with Gasteiger partial charge in [-0.3, -0.25) is 9.59 Å². The van der Waals surface area contributed by atoms with E-state index in [4.69, 9.17) is 5.11 Å². The first-order valence-electron chi connectivity index (χ1n) is 6.33. The second-order valence-corrected chi connectivity index (χ2v) is 4.51. The lowest BCUT2D eigenvalue weighted by Crippen LogP contribution is -2.33. The number of carboxylic acids is 1. The molecule has 0 aromatic carbocycles. The molecule has 1 amide bonds. The Morgan fingerprint density at radius 1 is 1.41 bits per heavy atom. The Morgan fingerprint density at radius 3 is 2.71 bits per heavy atom. The van der Waals surface area contributed by atoms with Crippen LogP contribution in [0.3, 0.4) is 0 Å². The summed E-state index contributed by atoms with van der Waals surface area (Å²) in [5.74, 6) is -0.158. The Labute approximate surface area is 102 Å². The summed E-state index contributed by atoms with van der Waals surface area (Å²) in [6.07, 6.45) is 2.63. The van der Waals surface area contributed by atoms with Crippen molar-refractivity contribution < 1.29 is 14.7 Å². The van der Waals surface area contributed by atoms with Crippen molar-refractivity contribution in [3.8, 4) is 0 Å². The minimum absolute atomic E-state index is 0.0323. The van der Waals surface area contributed by atoms with E-state index < -0.39 is 5.97 Å². The number of nitrogens with zero attached hydrogens (tertiary/aromatic N) is 1. The number of carboxylic acid groups (broad SMARTS) is 1. The van der Waals surface area contributed by atoms with Crippen LogP contribution in [0.15, 0.2) is 0 Å². The van der Waals surface area contributed by atoms with Crippen LogP contribution in [0.5, 0.6) is 0 Å². The minimum atomic E-state index is -0.851. The van der Waals surface area contributed by atoms with Crippen molar-refractivity contribution in [2.24, 2.45) is 5.92 Å². The van der Waals surface area contributed by atoms with Gasteiger partial charge < -0.3 is 15.3 Å². The van der Waals surface area contributed by atoms with Gasteiger partial charge in [0, 0.05) is 19.5 Å². The lowest BCUT2D eigenvalue weighted by Gasteiger charge is -2.20. The van der Waals surface area contributed by atoms with Crippen molar-refractivity contribution >= 4 is 11.9 Å². The molecule has 1 aliphatic rings. The molecule has 1 heterocycles. The third-order valence-corrected chi connectivity index (χ3v) is 3.26. The topological polar surface area (TPSA) is 69.6 Å². The number of aliphatic carboxylic acids is 1. The number of rotatable bonds is 7. The van der Waals surface area contributed by atoms with E-state index in [1.807, 2.05) is 6.92 Å². The number of nitrogens with one attached hydrogen (secondary N) is 1. The SMILES string of the molecule is CCN(CCC(=O)O)C(=O)CCC1CCNC1. The van der Waals surface area contributed by atoms with Gasteiger partial charge in [0.25, 0.3) is 0 Å². The van der Waals surface area contributed by atoms with Gasteiger partial charge in [-0.25, -0.2) is 0 Å². The molecule has 1 fully saturated rings. The number of carbonyl (C=O) groups is 2. The molecule has 2 N–H and O–H groups in total. The van der Waals surface area contributed by atoms with Crippen LogP contribution < -0.4 is 5.32 Å². The van der Waals surface area contributed by atoms with Gasteiger partial charge in [-0.1, -0.05) is 0 Å². The molecule has 0 spiro atoms. The van der Waals surface area contributed by atoms with Gasteiger partial charge >= 0.3 is 5.97 Å². The lowest BCUT2D eigenvalue weighted by molar-refractivity contribution is -0.138. The molecule has 98 valence electrons. The monoisotopic (exact) mass is 242 g/mol. The molecule has 0 saturated carbocycles. The third-order valence-electron chi connectivity index (χ3n) is 3.26. The van der Waals surface area contributed by atoms with Crippen LogP contribution >= 0.6 is 0 Å². The highest BCUT2D eigenvalue weighted by atomic mass is 16.4. The van der Waals surface area contributed by atoms with E-state index >= 15 is 0 Å². The van der Waals surface area contributed by atoms with E-state index in [-0.39, 0.29) is 12.3 Å². The van der Waals surface area contributed by atoms with Crippen molar-refractivity contribution in [3.05, 3.63) is 0 Å². The first-order chi connectivity index (χ1) is 8.13. The van der Waals surface area contributed by atoms with E-state index in [2.05, 4.69) is 5.32 Å². The van der Waals surface area contributed by atoms with E-state index in [1.54, 1.807) is 4.90 Å². The molecule has 1 unspecified atom stereocenters. The van der Waals surface area contributed by atoms with Gasteiger partial charge in [0.05, 0.1) is 6.42 Å². The molecule has 1 rings (SSSR count). The number of carbonyl (C=O) groups excluding carboxylic acids is 1. The van der Waals surface area contributed by atoms with Crippen LogP contribution in [0.25, 0.3) is 0 Å². The van der Waals surface area contributed by atoms with Crippen molar-refractivity contribution in [3.63, 3.8) is 0 Å². The van der Waals surface area contributed by atoms with E-state index in [0.29, 0.717) is 25.4 Å². The maximum Gasteiger partial charge on any atom is 0.305 e. The molecule has 1 atom stereocenters. The summed E-state index contributed by atoms with van der Waals surface area (Å²) in [5, 5.41) is 11.9. The largest absolute Gasteiger partial charge is 0.481 e. The number of hydrogen-bond acceptors (Lipinski definition) is 3. The van der Waals surface area contributed by atoms with Gasteiger partial charge in [-0.15, -0.1) is 0 Å². The minimum Gasteiger partial charge on any atom is -0.481 e. The summed E-state index contributed by atoms with van der Waals surface area (Å²) in [4.78, 5) is 24.0. The summed E-state index contributed by atoms with van der Waals surface area (Å²) in [7, 11) is 0. The van der Waals surface area contributed by atoms with Crippen LogP contribution in [0.1, 0.15) is 32.6 Å². The molecular weight excluding hydrogens is 220 g/mol. The molecule has 1 saturated heterocycles.